The predicted molar refractivity (Wildman–Crippen MR) is 207 cm³/mol. The number of tetrazole rings is 1. The Labute approximate surface area is 321 Å². The number of benzene rings is 2. The van der Waals surface area contributed by atoms with Gasteiger partial charge in [-0.05, 0) is 100 Å². The first kappa shape index (κ1) is 39.1. The van der Waals surface area contributed by atoms with Crippen molar-refractivity contribution in [1.29, 1.82) is 0 Å². The average Bonchev–Trinajstić information content (AvgIpc) is 3.72. The largest absolute Gasteiger partial charge is 0.480 e. The van der Waals surface area contributed by atoms with E-state index in [1.807, 2.05) is 45.0 Å². The lowest BCUT2D eigenvalue weighted by Gasteiger charge is -2.36. The van der Waals surface area contributed by atoms with Crippen molar-refractivity contribution in [3.63, 3.8) is 0 Å². The number of nitrogens with one attached hydrogen (secondary N) is 2. The third kappa shape index (κ3) is 9.92. The van der Waals surface area contributed by atoms with Gasteiger partial charge < -0.3 is 30.3 Å². The van der Waals surface area contributed by atoms with E-state index in [-0.39, 0.29) is 24.2 Å². The number of primary amides is 1. The first-order chi connectivity index (χ1) is 26.4. The third-order valence-electron chi connectivity index (χ3n) is 10.2. The van der Waals surface area contributed by atoms with Crippen molar-refractivity contribution in [3.05, 3.63) is 60.3 Å². The number of likely N-dealkylation sites (N-methyl/N-ethyl adjacent to an activating group) is 1. The second kappa shape index (κ2) is 17.2. The van der Waals surface area contributed by atoms with Crippen molar-refractivity contribution in [2.75, 3.05) is 56.7 Å². The van der Waals surface area contributed by atoms with E-state index < -0.39 is 23.6 Å². The number of amides is 3. The minimum atomic E-state index is -0.971. The van der Waals surface area contributed by atoms with Crippen molar-refractivity contribution in [2.24, 2.45) is 17.6 Å². The number of hydrogen-bond acceptors (Lipinski definition) is 12. The van der Waals surface area contributed by atoms with Crippen LogP contribution in [0.2, 0.25) is 0 Å². The quantitative estimate of drug-likeness (QED) is 0.189. The van der Waals surface area contributed by atoms with Crippen LogP contribution in [-0.4, -0.2) is 112 Å². The Hall–Kier alpha value is -5.64. The number of hydrogen-bond donors (Lipinski definition) is 3. The molecule has 2 aromatic heterocycles. The van der Waals surface area contributed by atoms with Gasteiger partial charge in [0.05, 0.1) is 12.7 Å². The number of nitrogens with zero attached hydrogens (tertiary/aromatic N) is 8. The SMILES string of the molecule is COc1nc(N2CCN(C)CC2)ncc1-c1ccc(C[C@@H](C(N)=O)N(C(=O)C2CCC(CNC(=O)OC(C)(C)C)CC2)c2ccc(-c3nn[nH]n3)cc2)cc1. The molecule has 2 fully saturated rings. The predicted octanol–water partition coefficient (Wildman–Crippen LogP) is 3.84. The molecule has 55 heavy (non-hydrogen) atoms. The second-order valence-electron chi connectivity index (χ2n) is 15.3. The lowest BCUT2D eigenvalue weighted by Crippen LogP contribution is -2.52. The molecule has 4 N–H and O–H groups in total. The van der Waals surface area contributed by atoms with Gasteiger partial charge in [-0.3, -0.25) is 14.5 Å². The molecule has 0 unspecified atom stereocenters. The highest BCUT2D eigenvalue weighted by Crippen LogP contribution is 2.34. The Balaban J connectivity index is 1.20. The summed E-state index contributed by atoms with van der Waals surface area (Å²) in [6, 6.07) is 13.9. The summed E-state index contributed by atoms with van der Waals surface area (Å²) in [5.41, 5.74) is 9.18. The molecule has 2 aliphatic rings. The number of aromatic amines is 1. The first-order valence-corrected chi connectivity index (χ1v) is 18.8. The molecular weight excluding hydrogens is 703 g/mol. The minimum Gasteiger partial charge on any atom is -0.480 e. The topological polar surface area (TPSA) is 198 Å². The Morgan fingerprint density at radius 1 is 0.982 bits per heavy atom. The number of nitrogens with two attached hydrogens (primary N) is 1. The normalized spacial score (nSPS) is 18.3. The number of ether oxygens (including phenoxy) is 2. The summed E-state index contributed by atoms with van der Waals surface area (Å²) in [4.78, 5) is 55.4. The van der Waals surface area contributed by atoms with Crippen LogP contribution in [0, 0.1) is 11.8 Å². The zero-order chi connectivity index (χ0) is 39.1. The van der Waals surface area contributed by atoms with Crippen LogP contribution < -0.4 is 25.6 Å². The highest BCUT2D eigenvalue weighted by molar-refractivity contribution is 6.01. The Morgan fingerprint density at radius 3 is 2.25 bits per heavy atom. The molecule has 292 valence electrons. The van der Waals surface area contributed by atoms with Crippen molar-refractivity contribution in [2.45, 2.75) is 64.5 Å². The standard InChI is InChI=1S/C39H51N11O5/c1-39(2,3)55-38(53)42-23-26-8-12-29(13-9-26)36(52)50(30-16-14-28(15-17-30)34-44-46-47-45-34)32(33(40)51)22-25-6-10-27(11-7-25)31-24-41-37(43-35(31)54-5)49-20-18-48(4)19-21-49/h6-7,10-11,14-17,24,26,29,32H,8-9,12-13,18-23H2,1-5H3,(H2,40,51)(H,42,53)(H,44,45,46,47)/t26?,29?,32-/m0/s1. The number of rotatable bonds is 12. The van der Waals surface area contributed by atoms with Crippen molar-refractivity contribution in [3.8, 4) is 28.4 Å². The summed E-state index contributed by atoms with van der Waals surface area (Å²) in [6.07, 6.45) is 4.21. The Kier molecular flexibility index (Phi) is 12.2. The molecule has 1 saturated heterocycles. The molecule has 1 atom stereocenters. The number of anilines is 2. The lowest BCUT2D eigenvalue weighted by molar-refractivity contribution is -0.127. The summed E-state index contributed by atoms with van der Waals surface area (Å²) in [5, 5.41) is 17.1. The minimum absolute atomic E-state index is 0.173. The van der Waals surface area contributed by atoms with Crippen LogP contribution in [0.25, 0.3) is 22.5 Å². The molecule has 16 heteroatoms. The van der Waals surface area contributed by atoms with Gasteiger partial charge in [-0.25, -0.2) is 9.78 Å². The summed E-state index contributed by atoms with van der Waals surface area (Å²) in [6.45, 7) is 9.49. The number of piperazine rings is 1. The van der Waals surface area contributed by atoms with E-state index in [4.69, 9.17) is 20.2 Å². The summed E-state index contributed by atoms with van der Waals surface area (Å²) < 4.78 is 11.1. The monoisotopic (exact) mass is 753 g/mol. The van der Waals surface area contributed by atoms with Gasteiger partial charge in [-0.15, -0.1) is 10.2 Å². The maximum Gasteiger partial charge on any atom is 0.407 e. The average molecular weight is 754 g/mol. The summed E-state index contributed by atoms with van der Waals surface area (Å²) >= 11 is 0. The van der Waals surface area contributed by atoms with E-state index in [9.17, 15) is 14.4 Å². The Bertz CT molecular complexity index is 1900. The molecule has 3 amide bonds. The number of carbonyl (C=O) groups is 3. The van der Waals surface area contributed by atoms with Crippen LogP contribution in [0.5, 0.6) is 5.88 Å². The van der Waals surface area contributed by atoms with Gasteiger partial charge in [0, 0.05) is 62.5 Å². The van der Waals surface area contributed by atoms with Crippen molar-refractivity contribution < 1.29 is 23.9 Å². The number of H-pyrrole nitrogens is 1. The molecule has 6 rings (SSSR count). The highest BCUT2D eigenvalue weighted by atomic mass is 16.6. The van der Waals surface area contributed by atoms with Gasteiger partial charge in [0.25, 0.3) is 0 Å². The number of carbonyl (C=O) groups excluding carboxylic acids is 3. The van der Waals surface area contributed by atoms with Gasteiger partial charge in [0.1, 0.15) is 11.6 Å². The molecule has 2 aromatic carbocycles. The third-order valence-corrected chi connectivity index (χ3v) is 10.2. The number of alkyl carbamates (subject to hydrolysis) is 1. The van der Waals surface area contributed by atoms with Crippen LogP contribution in [-0.2, 0) is 20.7 Å². The first-order valence-electron chi connectivity index (χ1n) is 18.8. The number of aromatic nitrogens is 6. The smallest absolute Gasteiger partial charge is 0.407 e. The fourth-order valence-electron chi connectivity index (χ4n) is 7.10. The van der Waals surface area contributed by atoms with E-state index in [0.29, 0.717) is 48.3 Å². The summed E-state index contributed by atoms with van der Waals surface area (Å²) in [7, 11) is 3.70. The van der Waals surface area contributed by atoms with E-state index in [1.165, 1.54) is 0 Å². The fourth-order valence-corrected chi connectivity index (χ4v) is 7.10. The fraction of sp³-hybridized carbons (Fsp3) is 0.487. The summed E-state index contributed by atoms with van der Waals surface area (Å²) in [5.74, 6) is 0.596. The maximum atomic E-state index is 14.5. The van der Waals surface area contributed by atoms with Crippen LogP contribution in [0.4, 0.5) is 16.4 Å². The molecule has 1 aliphatic heterocycles. The van der Waals surface area contributed by atoms with Crippen molar-refractivity contribution in [1.82, 2.24) is 40.8 Å². The van der Waals surface area contributed by atoms with Gasteiger partial charge in [-0.2, -0.15) is 10.2 Å². The molecule has 3 heterocycles. The molecule has 16 nitrogen and oxygen atoms in total. The van der Waals surface area contributed by atoms with Gasteiger partial charge >= 0.3 is 6.09 Å². The lowest BCUT2D eigenvalue weighted by atomic mass is 9.81. The van der Waals surface area contributed by atoms with Crippen LogP contribution in [0.1, 0.15) is 52.0 Å². The molecule has 0 spiro atoms. The molecule has 0 radical (unpaired) electrons. The van der Waals surface area contributed by atoms with E-state index >= 15 is 0 Å². The molecular formula is C39H51N11O5. The van der Waals surface area contributed by atoms with E-state index in [1.54, 1.807) is 42.5 Å². The molecule has 4 aromatic rings. The number of methoxy groups -OCH3 is 1. The van der Waals surface area contributed by atoms with E-state index in [0.717, 1.165) is 55.7 Å². The van der Waals surface area contributed by atoms with Gasteiger partial charge in [-0.1, -0.05) is 24.3 Å². The second-order valence-corrected chi connectivity index (χ2v) is 15.3. The molecule has 1 aliphatic carbocycles. The van der Waals surface area contributed by atoms with E-state index in [2.05, 4.69) is 47.8 Å². The van der Waals surface area contributed by atoms with Crippen LogP contribution in [0.3, 0.4) is 0 Å². The van der Waals surface area contributed by atoms with Crippen molar-refractivity contribution >= 4 is 29.5 Å². The maximum absolute atomic E-state index is 14.5. The zero-order valence-corrected chi connectivity index (χ0v) is 32.2. The van der Waals surface area contributed by atoms with Crippen LogP contribution >= 0.6 is 0 Å². The van der Waals surface area contributed by atoms with Crippen LogP contribution in [0.15, 0.2) is 54.7 Å². The highest BCUT2D eigenvalue weighted by Gasteiger charge is 2.36. The molecule has 1 saturated carbocycles. The molecule has 0 bridgehead atoms. The van der Waals surface area contributed by atoms with Gasteiger partial charge in [0.2, 0.25) is 29.5 Å². The zero-order valence-electron chi connectivity index (χ0n) is 32.2. The van der Waals surface area contributed by atoms with Gasteiger partial charge in [0.15, 0.2) is 0 Å². The Morgan fingerprint density at radius 2 is 1.65 bits per heavy atom.